The molecule has 0 saturated carbocycles. The summed E-state index contributed by atoms with van der Waals surface area (Å²) in [5.74, 6) is -0.444. The minimum Gasteiger partial charge on any atom is -0.379 e. The summed E-state index contributed by atoms with van der Waals surface area (Å²) < 4.78 is 43.8. The number of aryl methyl sites for hydroxylation is 1. The molecule has 2 heterocycles. The highest BCUT2D eigenvalue weighted by Gasteiger charge is 2.33. The average Bonchev–Trinajstić information content (AvgIpc) is 2.68. The Morgan fingerprint density at radius 2 is 1.86 bits per heavy atom. The zero-order valence-electron chi connectivity index (χ0n) is 15.5. The molecule has 1 aliphatic rings. The van der Waals surface area contributed by atoms with Crippen LogP contribution >= 0.6 is 0 Å². The normalized spacial score (nSPS) is 16.6. The second-order valence-corrected chi connectivity index (χ2v) is 6.68. The number of carbonyl (C=O) groups is 1. The Labute approximate surface area is 161 Å². The van der Waals surface area contributed by atoms with Crippen molar-refractivity contribution in [3.8, 4) is 0 Å². The maximum absolute atomic E-state index is 12.8. The maximum Gasteiger partial charge on any atom is 0.433 e. The number of benzene rings is 1. The molecule has 1 fully saturated rings. The van der Waals surface area contributed by atoms with Crippen LogP contribution in [0.1, 0.15) is 33.4 Å². The van der Waals surface area contributed by atoms with Gasteiger partial charge in [0.15, 0.2) is 0 Å². The molecular weight excluding hydrogens is 371 g/mol. The molecule has 5 nitrogen and oxygen atoms in total. The Balaban J connectivity index is 1.79. The largest absolute Gasteiger partial charge is 0.433 e. The van der Waals surface area contributed by atoms with Gasteiger partial charge < -0.3 is 10.1 Å². The van der Waals surface area contributed by atoms with Gasteiger partial charge in [-0.25, -0.2) is 4.98 Å². The van der Waals surface area contributed by atoms with Gasteiger partial charge in [-0.1, -0.05) is 30.3 Å². The molecule has 0 bridgehead atoms. The number of hydrogen-bond acceptors (Lipinski definition) is 4. The van der Waals surface area contributed by atoms with Crippen LogP contribution in [-0.2, 0) is 10.9 Å². The number of carbonyl (C=O) groups excluding carboxylic acids is 1. The second kappa shape index (κ2) is 8.70. The summed E-state index contributed by atoms with van der Waals surface area (Å²) in [7, 11) is 0. The lowest BCUT2D eigenvalue weighted by Gasteiger charge is -2.31. The second-order valence-electron chi connectivity index (χ2n) is 6.68. The number of amides is 1. The molecule has 3 rings (SSSR count). The number of pyridine rings is 1. The van der Waals surface area contributed by atoms with Crippen molar-refractivity contribution < 1.29 is 22.7 Å². The van der Waals surface area contributed by atoms with Crippen LogP contribution in [0.3, 0.4) is 0 Å². The molecule has 1 aromatic heterocycles. The standard InChI is InChI=1S/C20H22F3N3O2/c1-14-16(7-8-18(24-14)20(21,22)23)19(27)25-17(15-5-3-2-4-6-15)13-26-9-11-28-12-10-26/h2-8,17H,9-13H2,1H3,(H,25,27). The predicted octanol–water partition coefficient (Wildman–Crippen LogP) is 3.21. The van der Waals surface area contributed by atoms with Gasteiger partial charge in [-0.15, -0.1) is 0 Å². The van der Waals surface area contributed by atoms with Crippen LogP contribution in [0.2, 0.25) is 0 Å². The van der Waals surface area contributed by atoms with E-state index in [9.17, 15) is 18.0 Å². The molecule has 0 radical (unpaired) electrons. The van der Waals surface area contributed by atoms with Crippen molar-refractivity contribution in [3.05, 3.63) is 65.0 Å². The van der Waals surface area contributed by atoms with Crippen molar-refractivity contribution in [2.45, 2.75) is 19.1 Å². The number of morpholine rings is 1. The molecule has 2 aromatic rings. The Hall–Kier alpha value is -2.45. The smallest absolute Gasteiger partial charge is 0.379 e. The van der Waals surface area contributed by atoms with Crippen LogP contribution in [0.4, 0.5) is 13.2 Å². The topological polar surface area (TPSA) is 54.5 Å². The average molecular weight is 393 g/mol. The van der Waals surface area contributed by atoms with Crippen molar-refractivity contribution in [3.63, 3.8) is 0 Å². The minimum absolute atomic E-state index is 0.0468. The van der Waals surface area contributed by atoms with Gasteiger partial charge in [0.1, 0.15) is 5.69 Å². The Kier molecular flexibility index (Phi) is 6.31. The molecule has 150 valence electrons. The van der Waals surface area contributed by atoms with Crippen molar-refractivity contribution in [2.24, 2.45) is 0 Å². The van der Waals surface area contributed by atoms with Crippen LogP contribution in [0, 0.1) is 6.92 Å². The third-order valence-electron chi connectivity index (χ3n) is 4.67. The fraction of sp³-hybridized carbons (Fsp3) is 0.400. The molecule has 28 heavy (non-hydrogen) atoms. The first-order valence-corrected chi connectivity index (χ1v) is 9.05. The zero-order valence-corrected chi connectivity index (χ0v) is 15.5. The summed E-state index contributed by atoms with van der Waals surface area (Å²) >= 11 is 0. The molecule has 1 saturated heterocycles. The van der Waals surface area contributed by atoms with E-state index in [0.29, 0.717) is 19.8 Å². The van der Waals surface area contributed by atoms with E-state index in [1.54, 1.807) is 0 Å². The van der Waals surface area contributed by atoms with Gasteiger partial charge in [-0.05, 0) is 24.6 Å². The van der Waals surface area contributed by atoms with Gasteiger partial charge in [-0.3, -0.25) is 9.69 Å². The van der Waals surface area contributed by atoms with E-state index >= 15 is 0 Å². The van der Waals surface area contributed by atoms with Gasteiger partial charge in [0.25, 0.3) is 5.91 Å². The fourth-order valence-corrected chi connectivity index (χ4v) is 3.16. The van der Waals surface area contributed by atoms with E-state index in [4.69, 9.17) is 4.74 Å². The molecule has 1 aromatic carbocycles. The first-order chi connectivity index (χ1) is 13.3. The zero-order chi connectivity index (χ0) is 20.1. The highest BCUT2D eigenvalue weighted by molar-refractivity contribution is 5.95. The van der Waals surface area contributed by atoms with Crippen molar-refractivity contribution in [2.75, 3.05) is 32.8 Å². The molecule has 8 heteroatoms. The lowest BCUT2D eigenvalue weighted by molar-refractivity contribution is -0.141. The highest BCUT2D eigenvalue weighted by atomic mass is 19.4. The van der Waals surface area contributed by atoms with E-state index in [0.717, 1.165) is 24.7 Å². The Bertz CT molecular complexity index is 806. The fourth-order valence-electron chi connectivity index (χ4n) is 3.16. The molecular formula is C20H22F3N3O2. The van der Waals surface area contributed by atoms with Gasteiger partial charge in [0.2, 0.25) is 0 Å². The molecule has 0 aliphatic carbocycles. The van der Waals surface area contributed by atoms with Crippen LogP contribution in [0.25, 0.3) is 0 Å². The molecule has 1 unspecified atom stereocenters. The SMILES string of the molecule is Cc1nc(C(F)(F)F)ccc1C(=O)NC(CN1CCOCC1)c1ccccc1. The molecule has 1 N–H and O–H groups in total. The van der Waals surface area contributed by atoms with Crippen LogP contribution in [0.15, 0.2) is 42.5 Å². The maximum atomic E-state index is 12.8. The monoisotopic (exact) mass is 393 g/mol. The van der Waals surface area contributed by atoms with Gasteiger partial charge in [0.05, 0.1) is 30.5 Å². The number of rotatable bonds is 5. The van der Waals surface area contributed by atoms with Crippen LogP contribution in [0.5, 0.6) is 0 Å². The van der Waals surface area contributed by atoms with Gasteiger partial charge in [0, 0.05) is 19.6 Å². The molecule has 1 amide bonds. The van der Waals surface area contributed by atoms with Crippen molar-refractivity contribution >= 4 is 5.91 Å². The third-order valence-corrected chi connectivity index (χ3v) is 4.67. The summed E-state index contributed by atoms with van der Waals surface area (Å²) in [4.78, 5) is 18.5. The lowest BCUT2D eigenvalue weighted by Crippen LogP contribution is -2.43. The van der Waals surface area contributed by atoms with E-state index in [1.807, 2.05) is 30.3 Å². The predicted molar refractivity (Wildman–Crippen MR) is 97.9 cm³/mol. The first kappa shape index (κ1) is 20.3. The molecule has 0 spiro atoms. The van der Waals surface area contributed by atoms with Gasteiger partial charge in [-0.2, -0.15) is 13.2 Å². The van der Waals surface area contributed by atoms with Gasteiger partial charge >= 0.3 is 6.18 Å². The summed E-state index contributed by atoms with van der Waals surface area (Å²) in [6.45, 7) is 4.80. The summed E-state index contributed by atoms with van der Waals surface area (Å²) in [5, 5.41) is 2.95. The molecule has 1 aliphatic heterocycles. The number of alkyl halides is 3. The third kappa shape index (κ3) is 5.08. The van der Waals surface area contributed by atoms with E-state index in [1.165, 1.54) is 13.0 Å². The summed E-state index contributed by atoms with van der Waals surface area (Å²) in [5.41, 5.74) is 0.107. The highest BCUT2D eigenvalue weighted by Crippen LogP contribution is 2.28. The molecule has 1 atom stereocenters. The minimum atomic E-state index is -4.54. The summed E-state index contributed by atoms with van der Waals surface area (Å²) in [6, 6.07) is 11.2. The summed E-state index contributed by atoms with van der Waals surface area (Å²) in [6.07, 6.45) is -4.54. The van der Waals surface area contributed by atoms with E-state index in [-0.39, 0.29) is 17.3 Å². The van der Waals surface area contributed by atoms with Crippen LogP contribution in [-0.4, -0.2) is 48.6 Å². The Morgan fingerprint density at radius 3 is 2.46 bits per heavy atom. The number of ether oxygens (including phenoxy) is 1. The first-order valence-electron chi connectivity index (χ1n) is 9.05. The van der Waals surface area contributed by atoms with Crippen molar-refractivity contribution in [1.82, 2.24) is 15.2 Å². The van der Waals surface area contributed by atoms with Crippen molar-refractivity contribution in [1.29, 1.82) is 0 Å². The number of halogens is 3. The van der Waals surface area contributed by atoms with Crippen LogP contribution < -0.4 is 5.32 Å². The number of nitrogens with one attached hydrogen (secondary N) is 1. The van der Waals surface area contributed by atoms with E-state index in [2.05, 4.69) is 15.2 Å². The quantitative estimate of drug-likeness (QED) is 0.848. The number of nitrogens with zero attached hydrogens (tertiary/aromatic N) is 2. The Morgan fingerprint density at radius 1 is 1.18 bits per heavy atom. The lowest BCUT2D eigenvalue weighted by atomic mass is 10.0. The number of hydrogen-bond donors (Lipinski definition) is 1. The number of aromatic nitrogens is 1. The van der Waals surface area contributed by atoms with E-state index < -0.39 is 17.8 Å².